The van der Waals surface area contributed by atoms with Gasteiger partial charge >= 0.3 is 6.36 Å². The van der Waals surface area contributed by atoms with Crippen molar-refractivity contribution < 1.29 is 32.1 Å². The molecule has 2 rings (SSSR count). The zero-order chi connectivity index (χ0) is 15.5. The maximum Gasteiger partial charge on any atom is 0.573 e. The number of alkyl halides is 3. The molecule has 2 aromatic rings. The molecule has 0 saturated heterocycles. The van der Waals surface area contributed by atoms with E-state index < -0.39 is 30.4 Å². The molecule has 0 fully saturated rings. The largest absolute Gasteiger partial charge is 0.573 e. The average Bonchev–Trinajstić information content (AvgIpc) is 2.41. The molecular formula is C13H9F4NO3. The van der Waals surface area contributed by atoms with Crippen LogP contribution in [0.25, 0.3) is 0 Å². The van der Waals surface area contributed by atoms with Gasteiger partial charge in [-0.2, -0.15) is 0 Å². The normalized spacial score (nSPS) is 11.3. The van der Waals surface area contributed by atoms with Gasteiger partial charge in [0.15, 0.2) is 17.3 Å². The summed E-state index contributed by atoms with van der Waals surface area (Å²) in [5.74, 6) is -2.49. The van der Waals surface area contributed by atoms with Gasteiger partial charge in [0.25, 0.3) is 5.88 Å². The van der Waals surface area contributed by atoms with Crippen LogP contribution >= 0.6 is 0 Å². The first-order chi connectivity index (χ1) is 9.90. The van der Waals surface area contributed by atoms with Crippen LogP contribution in [0.1, 0.15) is 5.56 Å². The Bertz CT molecular complexity index is 631. The van der Waals surface area contributed by atoms with Gasteiger partial charge in [0, 0.05) is 11.8 Å². The van der Waals surface area contributed by atoms with Crippen molar-refractivity contribution in [3.05, 3.63) is 47.9 Å². The van der Waals surface area contributed by atoms with Gasteiger partial charge in [-0.1, -0.05) is 12.1 Å². The highest BCUT2D eigenvalue weighted by Gasteiger charge is 2.32. The summed E-state index contributed by atoms with van der Waals surface area (Å²) in [5, 5.41) is 8.92. The van der Waals surface area contributed by atoms with Crippen LogP contribution in [-0.4, -0.2) is 16.5 Å². The van der Waals surface area contributed by atoms with Crippen molar-refractivity contribution in [3.8, 4) is 17.4 Å². The number of aromatic nitrogens is 1. The minimum absolute atomic E-state index is 0.0887. The van der Waals surface area contributed by atoms with Crippen LogP contribution in [0.5, 0.6) is 17.4 Å². The molecule has 0 aliphatic carbocycles. The van der Waals surface area contributed by atoms with E-state index in [-0.39, 0.29) is 11.3 Å². The second-order valence-electron chi connectivity index (χ2n) is 3.84. The van der Waals surface area contributed by atoms with E-state index in [9.17, 15) is 17.6 Å². The number of benzene rings is 1. The molecule has 0 saturated carbocycles. The molecule has 0 amide bonds. The van der Waals surface area contributed by atoms with Gasteiger partial charge in [-0.3, -0.25) is 0 Å². The number of rotatable bonds is 4. The predicted molar refractivity (Wildman–Crippen MR) is 63.3 cm³/mol. The fraction of sp³-hybridized carbons (Fsp3) is 0.154. The first kappa shape index (κ1) is 15.0. The highest BCUT2D eigenvalue weighted by Crippen LogP contribution is 2.35. The molecule has 1 heterocycles. The Morgan fingerprint density at radius 2 is 1.76 bits per heavy atom. The SMILES string of the molecule is OCc1ccnc(Oc2ccccc2OC(F)(F)F)c1F. The van der Waals surface area contributed by atoms with E-state index in [1.807, 2.05) is 0 Å². The van der Waals surface area contributed by atoms with Crippen molar-refractivity contribution in [2.24, 2.45) is 0 Å². The van der Waals surface area contributed by atoms with Crippen LogP contribution < -0.4 is 9.47 Å². The third kappa shape index (κ3) is 3.82. The van der Waals surface area contributed by atoms with E-state index in [1.54, 1.807) is 0 Å². The average molecular weight is 303 g/mol. The zero-order valence-electron chi connectivity index (χ0n) is 10.4. The molecular weight excluding hydrogens is 294 g/mol. The second kappa shape index (κ2) is 5.96. The number of hydrogen-bond donors (Lipinski definition) is 1. The summed E-state index contributed by atoms with van der Waals surface area (Å²) in [6.45, 7) is -0.592. The monoisotopic (exact) mass is 303 g/mol. The highest BCUT2D eigenvalue weighted by molar-refractivity contribution is 5.42. The Morgan fingerprint density at radius 1 is 1.10 bits per heavy atom. The molecule has 0 bridgehead atoms. The third-order valence-corrected chi connectivity index (χ3v) is 2.39. The Balaban J connectivity index is 2.32. The Labute approximate surface area is 116 Å². The molecule has 0 radical (unpaired) electrons. The molecule has 0 aliphatic rings. The molecule has 4 nitrogen and oxygen atoms in total. The van der Waals surface area contributed by atoms with E-state index in [0.29, 0.717) is 0 Å². The Kier molecular flexibility index (Phi) is 4.27. The number of nitrogens with zero attached hydrogens (tertiary/aromatic N) is 1. The van der Waals surface area contributed by atoms with Crippen molar-refractivity contribution in [3.63, 3.8) is 0 Å². The number of ether oxygens (including phenoxy) is 2. The number of hydrogen-bond acceptors (Lipinski definition) is 4. The lowest BCUT2D eigenvalue weighted by molar-refractivity contribution is -0.275. The van der Waals surface area contributed by atoms with E-state index in [4.69, 9.17) is 9.84 Å². The molecule has 0 unspecified atom stereocenters. The molecule has 0 aliphatic heterocycles. The number of aliphatic hydroxyl groups excluding tert-OH is 1. The Morgan fingerprint density at radius 3 is 2.38 bits per heavy atom. The highest BCUT2D eigenvalue weighted by atomic mass is 19.4. The summed E-state index contributed by atoms with van der Waals surface area (Å²) in [6, 6.07) is 6.12. The van der Waals surface area contributed by atoms with Gasteiger partial charge in [0.05, 0.1) is 6.61 Å². The van der Waals surface area contributed by atoms with E-state index in [1.165, 1.54) is 24.3 Å². The van der Waals surface area contributed by atoms with Crippen molar-refractivity contribution >= 4 is 0 Å². The minimum Gasteiger partial charge on any atom is -0.432 e. The van der Waals surface area contributed by atoms with Gasteiger partial charge in [0.2, 0.25) is 0 Å². The first-order valence-electron chi connectivity index (χ1n) is 5.67. The lowest BCUT2D eigenvalue weighted by Gasteiger charge is -2.13. The van der Waals surface area contributed by atoms with Crippen LogP contribution in [0.2, 0.25) is 0 Å². The molecule has 1 aromatic carbocycles. The zero-order valence-corrected chi connectivity index (χ0v) is 10.4. The smallest absolute Gasteiger partial charge is 0.432 e. The number of para-hydroxylation sites is 2. The summed E-state index contributed by atoms with van der Waals surface area (Å²) in [7, 11) is 0. The lowest BCUT2D eigenvalue weighted by atomic mass is 10.2. The molecule has 0 spiro atoms. The van der Waals surface area contributed by atoms with Gasteiger partial charge in [-0.05, 0) is 18.2 Å². The van der Waals surface area contributed by atoms with Crippen molar-refractivity contribution in [2.75, 3.05) is 0 Å². The number of halogens is 4. The molecule has 0 atom stereocenters. The number of aliphatic hydroxyl groups is 1. The topological polar surface area (TPSA) is 51.6 Å². The fourth-order valence-electron chi connectivity index (χ4n) is 1.50. The summed E-state index contributed by atoms with van der Waals surface area (Å²) in [6.07, 6.45) is -3.74. The van der Waals surface area contributed by atoms with Crippen LogP contribution in [0.4, 0.5) is 17.6 Å². The van der Waals surface area contributed by atoms with Crippen molar-refractivity contribution in [1.82, 2.24) is 4.98 Å². The van der Waals surface area contributed by atoms with Crippen LogP contribution in [-0.2, 0) is 6.61 Å². The van der Waals surface area contributed by atoms with Crippen LogP contribution in [0, 0.1) is 5.82 Å². The fourth-order valence-corrected chi connectivity index (χ4v) is 1.50. The quantitative estimate of drug-likeness (QED) is 0.880. The van der Waals surface area contributed by atoms with Gasteiger partial charge in [-0.15, -0.1) is 13.2 Å². The molecule has 1 N–H and O–H groups in total. The lowest BCUT2D eigenvalue weighted by Crippen LogP contribution is -2.17. The number of pyridine rings is 1. The van der Waals surface area contributed by atoms with Crippen LogP contribution in [0.3, 0.4) is 0 Å². The standard InChI is InChI=1S/C13H9F4NO3/c14-11-8(7-19)5-6-18-12(11)20-9-3-1-2-4-10(9)21-13(15,16)17/h1-6,19H,7H2. The predicted octanol–water partition coefficient (Wildman–Crippen LogP) is 3.40. The summed E-state index contributed by atoms with van der Waals surface area (Å²) < 4.78 is 59.4. The van der Waals surface area contributed by atoms with Gasteiger partial charge in [0.1, 0.15) is 0 Å². The third-order valence-electron chi connectivity index (χ3n) is 2.39. The molecule has 8 heteroatoms. The molecule has 21 heavy (non-hydrogen) atoms. The molecule has 1 aromatic heterocycles. The second-order valence-corrected chi connectivity index (χ2v) is 3.84. The van der Waals surface area contributed by atoms with Crippen molar-refractivity contribution in [1.29, 1.82) is 0 Å². The van der Waals surface area contributed by atoms with E-state index in [2.05, 4.69) is 9.72 Å². The van der Waals surface area contributed by atoms with Crippen LogP contribution in [0.15, 0.2) is 36.5 Å². The van der Waals surface area contributed by atoms with Crippen molar-refractivity contribution in [2.45, 2.75) is 13.0 Å². The van der Waals surface area contributed by atoms with E-state index >= 15 is 0 Å². The summed E-state index contributed by atoms with van der Waals surface area (Å²) in [4.78, 5) is 3.57. The molecule has 112 valence electrons. The maximum atomic E-state index is 13.8. The Hall–Kier alpha value is -2.35. The maximum absolute atomic E-state index is 13.8. The summed E-state index contributed by atoms with van der Waals surface area (Å²) in [5.41, 5.74) is -0.0887. The van der Waals surface area contributed by atoms with Gasteiger partial charge in [-0.25, -0.2) is 9.37 Å². The summed E-state index contributed by atoms with van der Waals surface area (Å²) >= 11 is 0. The van der Waals surface area contributed by atoms with E-state index in [0.717, 1.165) is 12.3 Å². The first-order valence-corrected chi connectivity index (χ1v) is 5.67. The van der Waals surface area contributed by atoms with Gasteiger partial charge < -0.3 is 14.6 Å². The minimum atomic E-state index is -4.90.